The molecule has 1 aliphatic rings. The van der Waals surface area contributed by atoms with Gasteiger partial charge in [0, 0.05) is 29.7 Å². The highest BCUT2D eigenvalue weighted by atomic mass is 16.6. The van der Waals surface area contributed by atoms with Gasteiger partial charge < -0.3 is 26.0 Å². The number of hydrogen-bond donors (Lipinski definition) is 3. The average Bonchev–Trinajstić information content (AvgIpc) is 3.33. The van der Waals surface area contributed by atoms with Crippen molar-refractivity contribution in [2.45, 2.75) is 12.6 Å². The second-order valence-corrected chi connectivity index (χ2v) is 9.22. The van der Waals surface area contributed by atoms with E-state index in [1.54, 1.807) is 16.6 Å². The molecular weight excluding hydrogens is 496 g/mol. The van der Waals surface area contributed by atoms with Crippen molar-refractivity contribution in [3.05, 3.63) is 84.4 Å². The predicted molar refractivity (Wildman–Crippen MR) is 147 cm³/mol. The van der Waals surface area contributed by atoms with Crippen molar-refractivity contribution < 1.29 is 14.3 Å². The topological polar surface area (TPSA) is 140 Å². The van der Waals surface area contributed by atoms with Crippen molar-refractivity contribution in [3.8, 4) is 11.4 Å². The quantitative estimate of drug-likeness (QED) is 0.299. The van der Waals surface area contributed by atoms with E-state index >= 15 is 0 Å². The fraction of sp³-hybridized carbons (Fsp3) is 0.179. The van der Waals surface area contributed by atoms with Crippen LogP contribution < -0.4 is 16.4 Å². The minimum atomic E-state index is -0.798. The fourth-order valence-electron chi connectivity index (χ4n) is 4.52. The van der Waals surface area contributed by atoms with Crippen LogP contribution in [0.25, 0.3) is 27.9 Å². The molecule has 6 rings (SSSR count). The summed E-state index contributed by atoms with van der Waals surface area (Å²) in [7, 11) is 0. The maximum absolute atomic E-state index is 13.0. The highest BCUT2D eigenvalue weighted by Crippen LogP contribution is 2.25. The summed E-state index contributed by atoms with van der Waals surface area (Å²) in [6.45, 7) is 0.863. The summed E-state index contributed by atoms with van der Waals surface area (Å²) < 4.78 is 7.09. The van der Waals surface area contributed by atoms with Crippen LogP contribution in [0.4, 0.5) is 16.4 Å². The molecule has 3 heterocycles. The van der Waals surface area contributed by atoms with Gasteiger partial charge in [-0.1, -0.05) is 54.6 Å². The smallest absolute Gasteiger partial charge is 0.410 e. The Morgan fingerprint density at radius 3 is 2.72 bits per heavy atom. The molecule has 0 unspecified atom stereocenters. The molecule has 1 atom stereocenters. The molecule has 0 saturated carbocycles. The zero-order valence-electron chi connectivity index (χ0n) is 20.9. The van der Waals surface area contributed by atoms with E-state index in [1.807, 2.05) is 66.7 Å². The molecule has 2 aromatic heterocycles. The van der Waals surface area contributed by atoms with E-state index in [9.17, 15) is 9.59 Å². The molecule has 39 heavy (non-hydrogen) atoms. The minimum absolute atomic E-state index is 0.0895. The van der Waals surface area contributed by atoms with Crippen molar-refractivity contribution in [3.63, 3.8) is 0 Å². The first-order valence-corrected chi connectivity index (χ1v) is 12.6. The largest absolute Gasteiger partial charge is 0.445 e. The number of rotatable bonds is 5. The lowest BCUT2D eigenvalue weighted by atomic mass is 10.2. The number of benzene rings is 3. The fourth-order valence-corrected chi connectivity index (χ4v) is 4.52. The standard InChI is InChI=1S/C28H26N8O3/c29-20-10-6-9-19(15-20)24-33-25-21-11-4-5-12-22(21)31-27(36(25)34-24)32-23-16-35(14-13-30-26(23)37)28(38)39-17-18-7-2-1-3-8-18/h1-12,15,23H,13-14,16-17,29H2,(H,30,37)(H,31,32)/t23-/m1/s1. The van der Waals surface area contributed by atoms with Gasteiger partial charge in [-0.3, -0.25) is 4.79 Å². The number of carbonyl (C=O) groups is 2. The molecule has 0 aliphatic carbocycles. The molecule has 1 fully saturated rings. The van der Waals surface area contributed by atoms with Crippen LogP contribution in [0.1, 0.15) is 5.56 Å². The summed E-state index contributed by atoms with van der Waals surface area (Å²) in [5.41, 5.74) is 9.49. The van der Waals surface area contributed by atoms with Crippen LogP contribution in [0.3, 0.4) is 0 Å². The van der Waals surface area contributed by atoms with Gasteiger partial charge in [-0.2, -0.15) is 4.52 Å². The number of carbonyl (C=O) groups excluding carboxylic acids is 2. The van der Waals surface area contributed by atoms with E-state index in [4.69, 9.17) is 25.5 Å². The van der Waals surface area contributed by atoms with Gasteiger partial charge in [-0.15, -0.1) is 5.10 Å². The summed E-state index contributed by atoms with van der Waals surface area (Å²) in [6.07, 6.45) is -0.497. The monoisotopic (exact) mass is 522 g/mol. The number of aromatic nitrogens is 4. The number of para-hydroxylation sites is 1. The number of nitrogens with one attached hydrogen (secondary N) is 2. The summed E-state index contributed by atoms with van der Waals surface area (Å²) in [5.74, 6) is 0.540. The van der Waals surface area contributed by atoms with Crippen LogP contribution in [0.15, 0.2) is 78.9 Å². The molecular formula is C28H26N8O3. The molecule has 196 valence electrons. The van der Waals surface area contributed by atoms with E-state index in [2.05, 4.69) is 10.6 Å². The normalized spacial score (nSPS) is 15.6. The Morgan fingerprint density at radius 2 is 1.87 bits per heavy atom. The molecule has 1 saturated heterocycles. The number of hydrogen-bond acceptors (Lipinski definition) is 8. The van der Waals surface area contributed by atoms with E-state index < -0.39 is 12.1 Å². The zero-order chi connectivity index (χ0) is 26.8. The van der Waals surface area contributed by atoms with Crippen molar-refractivity contribution >= 4 is 40.2 Å². The molecule has 4 N–H and O–H groups in total. The summed E-state index contributed by atoms with van der Waals surface area (Å²) in [6, 6.07) is 23.5. The van der Waals surface area contributed by atoms with Crippen LogP contribution in [0.2, 0.25) is 0 Å². The van der Waals surface area contributed by atoms with Gasteiger partial charge in [0.2, 0.25) is 11.9 Å². The molecule has 2 amide bonds. The number of amides is 2. The number of nitrogens with zero attached hydrogens (tertiary/aromatic N) is 5. The summed E-state index contributed by atoms with van der Waals surface area (Å²) in [5, 5.41) is 11.6. The third kappa shape index (κ3) is 5.01. The molecule has 11 nitrogen and oxygen atoms in total. The number of anilines is 2. The summed E-state index contributed by atoms with van der Waals surface area (Å²) >= 11 is 0. The van der Waals surface area contributed by atoms with E-state index in [0.717, 1.165) is 16.5 Å². The molecule has 5 aromatic rings. The molecule has 1 aliphatic heterocycles. The van der Waals surface area contributed by atoms with Crippen LogP contribution in [0.5, 0.6) is 0 Å². The molecule has 0 spiro atoms. The van der Waals surface area contributed by atoms with Crippen molar-refractivity contribution in [1.82, 2.24) is 29.8 Å². The van der Waals surface area contributed by atoms with Crippen molar-refractivity contribution in [2.75, 3.05) is 30.7 Å². The summed E-state index contributed by atoms with van der Waals surface area (Å²) in [4.78, 5) is 36.9. The van der Waals surface area contributed by atoms with Crippen LogP contribution in [-0.4, -0.2) is 62.2 Å². The lowest BCUT2D eigenvalue weighted by molar-refractivity contribution is -0.121. The Balaban J connectivity index is 1.31. The van der Waals surface area contributed by atoms with Crippen LogP contribution in [-0.2, 0) is 16.1 Å². The van der Waals surface area contributed by atoms with Gasteiger partial charge in [0.05, 0.1) is 12.1 Å². The third-order valence-corrected chi connectivity index (χ3v) is 6.49. The van der Waals surface area contributed by atoms with Crippen LogP contribution >= 0.6 is 0 Å². The van der Waals surface area contributed by atoms with E-state index in [1.165, 1.54) is 4.90 Å². The number of fused-ring (bicyclic) bond motifs is 3. The first-order valence-electron chi connectivity index (χ1n) is 12.6. The average molecular weight is 523 g/mol. The third-order valence-electron chi connectivity index (χ3n) is 6.49. The Labute approximate surface area is 223 Å². The number of nitrogens with two attached hydrogens (primary N) is 1. The van der Waals surface area contributed by atoms with Crippen molar-refractivity contribution in [2.24, 2.45) is 0 Å². The van der Waals surface area contributed by atoms with Gasteiger partial charge in [-0.25, -0.2) is 14.8 Å². The maximum atomic E-state index is 13.0. The van der Waals surface area contributed by atoms with Gasteiger partial charge >= 0.3 is 6.09 Å². The SMILES string of the molecule is Nc1cccc(-c2nc3c4ccccc4nc(N[C@@H]4CN(C(=O)OCc5ccccc5)CCNC4=O)n3n2)c1. The van der Waals surface area contributed by atoms with E-state index in [-0.39, 0.29) is 19.1 Å². The Morgan fingerprint density at radius 1 is 1.05 bits per heavy atom. The molecule has 11 heteroatoms. The Bertz CT molecular complexity index is 1670. The van der Waals surface area contributed by atoms with E-state index in [0.29, 0.717) is 41.7 Å². The number of nitrogen functional groups attached to an aromatic ring is 1. The van der Waals surface area contributed by atoms with Gasteiger partial charge in [-0.05, 0) is 29.8 Å². The van der Waals surface area contributed by atoms with Gasteiger partial charge in [0.1, 0.15) is 12.6 Å². The highest BCUT2D eigenvalue weighted by molar-refractivity contribution is 5.93. The van der Waals surface area contributed by atoms with Crippen molar-refractivity contribution in [1.29, 1.82) is 0 Å². The first-order chi connectivity index (χ1) is 19.0. The minimum Gasteiger partial charge on any atom is -0.445 e. The molecule has 0 bridgehead atoms. The molecule has 3 aromatic carbocycles. The predicted octanol–water partition coefficient (Wildman–Crippen LogP) is 3.08. The zero-order valence-corrected chi connectivity index (χ0v) is 20.9. The molecule has 0 radical (unpaired) electrons. The Hall–Kier alpha value is -5.19. The second-order valence-electron chi connectivity index (χ2n) is 9.22. The lowest BCUT2D eigenvalue weighted by Crippen LogP contribution is -2.44. The first kappa shape index (κ1) is 24.2. The number of ether oxygens (including phenoxy) is 1. The highest BCUT2D eigenvalue weighted by Gasteiger charge is 2.30. The lowest BCUT2D eigenvalue weighted by Gasteiger charge is -2.23. The maximum Gasteiger partial charge on any atom is 0.410 e. The second kappa shape index (κ2) is 10.3. The van der Waals surface area contributed by atoms with Gasteiger partial charge in [0.15, 0.2) is 11.5 Å². The van der Waals surface area contributed by atoms with Crippen LogP contribution in [0, 0.1) is 0 Å². The van der Waals surface area contributed by atoms with Gasteiger partial charge in [0.25, 0.3) is 0 Å². The Kier molecular flexibility index (Phi) is 6.37.